The van der Waals surface area contributed by atoms with Crippen molar-refractivity contribution in [3.05, 3.63) is 83.9 Å². The van der Waals surface area contributed by atoms with Crippen LogP contribution in [0, 0.1) is 5.82 Å². The molecule has 0 fully saturated rings. The summed E-state index contributed by atoms with van der Waals surface area (Å²) in [5, 5.41) is 4.36. The van der Waals surface area contributed by atoms with Gasteiger partial charge in [-0.3, -0.25) is 9.69 Å². The van der Waals surface area contributed by atoms with E-state index in [1.807, 2.05) is 48.5 Å². The number of benzene rings is 2. The van der Waals surface area contributed by atoms with Crippen LogP contribution in [-0.4, -0.2) is 46.1 Å². The van der Waals surface area contributed by atoms with Gasteiger partial charge in [-0.2, -0.15) is 5.10 Å². The Morgan fingerprint density at radius 3 is 2.41 bits per heavy atom. The van der Waals surface area contributed by atoms with E-state index in [1.165, 1.54) is 12.1 Å². The molecule has 0 N–H and O–H groups in total. The number of nitrogens with zero attached hydrogens (tertiary/aromatic N) is 4. The van der Waals surface area contributed by atoms with E-state index in [0.29, 0.717) is 19.6 Å². The number of hydrogen-bond acceptors (Lipinski definition) is 3. The van der Waals surface area contributed by atoms with Crippen LogP contribution < -0.4 is 0 Å². The maximum atomic E-state index is 13.0. The SMILES string of the molecule is CN(CC(=O)N(C)Cc1cnn(-c2ccccc2)c1)Cc1ccc(F)cc1. The van der Waals surface area contributed by atoms with Gasteiger partial charge >= 0.3 is 0 Å². The summed E-state index contributed by atoms with van der Waals surface area (Å²) in [5.41, 5.74) is 2.92. The van der Waals surface area contributed by atoms with Crippen LogP contribution in [0.4, 0.5) is 4.39 Å². The fourth-order valence-electron chi connectivity index (χ4n) is 2.83. The Labute approximate surface area is 158 Å². The molecule has 1 amide bonds. The molecule has 0 bridgehead atoms. The Balaban J connectivity index is 1.53. The molecule has 140 valence electrons. The molecule has 0 atom stereocenters. The van der Waals surface area contributed by atoms with Crippen molar-refractivity contribution < 1.29 is 9.18 Å². The molecule has 0 unspecified atom stereocenters. The first kappa shape index (κ1) is 18.8. The summed E-state index contributed by atoms with van der Waals surface area (Å²) in [7, 11) is 3.66. The molecule has 0 saturated carbocycles. The summed E-state index contributed by atoms with van der Waals surface area (Å²) < 4.78 is 14.8. The predicted octanol–water partition coefficient (Wildman–Crippen LogP) is 3.10. The number of para-hydroxylation sites is 1. The van der Waals surface area contributed by atoms with Gasteiger partial charge in [0.2, 0.25) is 5.91 Å². The zero-order valence-corrected chi connectivity index (χ0v) is 15.5. The number of likely N-dealkylation sites (N-methyl/N-ethyl adjacent to an activating group) is 2. The first-order chi connectivity index (χ1) is 13.0. The van der Waals surface area contributed by atoms with E-state index in [0.717, 1.165) is 16.8 Å². The minimum atomic E-state index is -0.256. The molecular formula is C21H23FN4O. The van der Waals surface area contributed by atoms with E-state index in [9.17, 15) is 9.18 Å². The molecular weight excluding hydrogens is 343 g/mol. The fourth-order valence-corrected chi connectivity index (χ4v) is 2.83. The van der Waals surface area contributed by atoms with Crippen LogP contribution in [0.1, 0.15) is 11.1 Å². The summed E-state index contributed by atoms with van der Waals surface area (Å²) in [5.74, 6) is -0.236. The zero-order valence-electron chi connectivity index (χ0n) is 15.5. The number of carbonyl (C=O) groups is 1. The van der Waals surface area contributed by atoms with Crippen LogP contribution in [-0.2, 0) is 17.9 Å². The highest BCUT2D eigenvalue weighted by Crippen LogP contribution is 2.10. The van der Waals surface area contributed by atoms with E-state index in [1.54, 1.807) is 35.0 Å². The molecule has 1 heterocycles. The van der Waals surface area contributed by atoms with Crippen LogP contribution in [0.25, 0.3) is 5.69 Å². The summed E-state index contributed by atoms with van der Waals surface area (Å²) in [6.45, 7) is 1.38. The molecule has 27 heavy (non-hydrogen) atoms. The average molecular weight is 366 g/mol. The van der Waals surface area contributed by atoms with Crippen LogP contribution in [0.2, 0.25) is 0 Å². The molecule has 0 aliphatic carbocycles. The third-order valence-corrected chi connectivity index (χ3v) is 4.27. The highest BCUT2D eigenvalue weighted by Gasteiger charge is 2.13. The fraction of sp³-hybridized carbons (Fsp3) is 0.238. The Hall–Kier alpha value is -2.99. The lowest BCUT2D eigenvalue weighted by molar-refractivity contribution is -0.131. The van der Waals surface area contributed by atoms with E-state index in [-0.39, 0.29) is 11.7 Å². The molecule has 0 saturated heterocycles. The summed E-state index contributed by atoms with van der Waals surface area (Å²) in [4.78, 5) is 16.1. The first-order valence-corrected chi connectivity index (χ1v) is 8.77. The summed E-state index contributed by atoms with van der Waals surface area (Å²) in [6, 6.07) is 16.2. The lowest BCUT2D eigenvalue weighted by Crippen LogP contribution is -2.36. The second kappa shape index (κ2) is 8.60. The van der Waals surface area contributed by atoms with Crippen molar-refractivity contribution in [1.82, 2.24) is 19.6 Å². The second-order valence-electron chi connectivity index (χ2n) is 6.68. The maximum Gasteiger partial charge on any atom is 0.236 e. The number of rotatable bonds is 7. The van der Waals surface area contributed by atoms with Gasteiger partial charge in [0.15, 0.2) is 0 Å². The Kier molecular flexibility index (Phi) is 5.98. The number of hydrogen-bond donors (Lipinski definition) is 0. The van der Waals surface area contributed by atoms with Gasteiger partial charge in [0.1, 0.15) is 5.82 Å². The van der Waals surface area contributed by atoms with Gasteiger partial charge in [0, 0.05) is 31.9 Å². The highest BCUT2D eigenvalue weighted by molar-refractivity contribution is 5.77. The van der Waals surface area contributed by atoms with E-state index >= 15 is 0 Å². The molecule has 6 heteroatoms. The first-order valence-electron chi connectivity index (χ1n) is 8.77. The molecule has 0 radical (unpaired) electrons. The van der Waals surface area contributed by atoms with Crippen LogP contribution in [0.15, 0.2) is 67.0 Å². The minimum absolute atomic E-state index is 0.0204. The minimum Gasteiger partial charge on any atom is -0.340 e. The number of aromatic nitrogens is 2. The monoisotopic (exact) mass is 366 g/mol. The average Bonchev–Trinajstić information content (AvgIpc) is 3.12. The van der Waals surface area contributed by atoms with Gasteiger partial charge in [-0.15, -0.1) is 0 Å². The van der Waals surface area contributed by atoms with Crippen molar-refractivity contribution in [2.45, 2.75) is 13.1 Å². The van der Waals surface area contributed by atoms with E-state index in [4.69, 9.17) is 0 Å². The van der Waals surface area contributed by atoms with Gasteiger partial charge in [-0.25, -0.2) is 9.07 Å². The quantitative estimate of drug-likeness (QED) is 0.645. The smallest absolute Gasteiger partial charge is 0.236 e. The van der Waals surface area contributed by atoms with E-state index in [2.05, 4.69) is 5.10 Å². The number of halogens is 1. The summed E-state index contributed by atoms with van der Waals surface area (Å²) >= 11 is 0. The third kappa shape index (κ3) is 5.24. The van der Waals surface area contributed by atoms with Crippen LogP contribution in [0.5, 0.6) is 0 Å². The molecule has 2 aromatic carbocycles. The lowest BCUT2D eigenvalue weighted by atomic mass is 10.2. The topological polar surface area (TPSA) is 41.4 Å². The lowest BCUT2D eigenvalue weighted by Gasteiger charge is -2.21. The van der Waals surface area contributed by atoms with Gasteiger partial charge in [-0.1, -0.05) is 30.3 Å². The maximum absolute atomic E-state index is 13.0. The van der Waals surface area contributed by atoms with Gasteiger partial charge in [0.25, 0.3) is 0 Å². The van der Waals surface area contributed by atoms with Crippen molar-refractivity contribution in [1.29, 1.82) is 0 Å². The summed E-state index contributed by atoms with van der Waals surface area (Å²) in [6.07, 6.45) is 3.71. The molecule has 0 spiro atoms. The highest BCUT2D eigenvalue weighted by atomic mass is 19.1. The Morgan fingerprint density at radius 1 is 1.00 bits per heavy atom. The largest absolute Gasteiger partial charge is 0.340 e. The second-order valence-corrected chi connectivity index (χ2v) is 6.68. The van der Waals surface area contributed by atoms with Crippen molar-refractivity contribution >= 4 is 5.91 Å². The van der Waals surface area contributed by atoms with Crippen molar-refractivity contribution in [3.63, 3.8) is 0 Å². The van der Waals surface area contributed by atoms with Crippen molar-refractivity contribution in [2.24, 2.45) is 0 Å². The van der Waals surface area contributed by atoms with Gasteiger partial charge < -0.3 is 4.90 Å². The molecule has 3 rings (SSSR count). The van der Waals surface area contributed by atoms with Crippen LogP contribution >= 0.6 is 0 Å². The van der Waals surface area contributed by atoms with Gasteiger partial charge in [-0.05, 0) is 36.9 Å². The molecule has 3 aromatic rings. The third-order valence-electron chi connectivity index (χ3n) is 4.27. The molecule has 1 aromatic heterocycles. The zero-order chi connectivity index (χ0) is 19.2. The normalized spacial score (nSPS) is 11.0. The van der Waals surface area contributed by atoms with Crippen molar-refractivity contribution in [2.75, 3.05) is 20.6 Å². The molecule has 5 nitrogen and oxygen atoms in total. The predicted molar refractivity (Wildman–Crippen MR) is 103 cm³/mol. The number of carbonyl (C=O) groups excluding carboxylic acids is 1. The Bertz CT molecular complexity index is 877. The van der Waals surface area contributed by atoms with Crippen LogP contribution in [0.3, 0.4) is 0 Å². The Morgan fingerprint density at radius 2 is 1.70 bits per heavy atom. The van der Waals surface area contributed by atoms with E-state index < -0.39 is 0 Å². The number of amides is 1. The standard InChI is InChI=1S/C21H23FN4O/c1-24(13-17-8-10-19(22)11-9-17)16-21(27)25(2)14-18-12-23-26(15-18)20-6-4-3-5-7-20/h3-12,15H,13-14,16H2,1-2H3. The molecule has 0 aliphatic rings. The van der Waals surface area contributed by atoms with Gasteiger partial charge in [0.05, 0.1) is 18.4 Å². The van der Waals surface area contributed by atoms with Crippen molar-refractivity contribution in [3.8, 4) is 5.69 Å². The molecule has 0 aliphatic heterocycles.